The average molecular weight is 277 g/mol. The Morgan fingerprint density at radius 1 is 1.58 bits per heavy atom. The van der Waals surface area contributed by atoms with E-state index in [1.165, 1.54) is 0 Å². The van der Waals surface area contributed by atoms with E-state index in [1.807, 2.05) is 18.2 Å². The third-order valence-electron chi connectivity index (χ3n) is 1.78. The quantitative estimate of drug-likeness (QED) is 0.810. The number of halogens is 1. The predicted octanol–water partition coefficient (Wildman–Crippen LogP) is 1.80. The zero-order chi connectivity index (χ0) is 9.14. The van der Waals surface area contributed by atoms with Gasteiger partial charge in [0.2, 0.25) is 0 Å². The molecule has 0 aromatic heterocycles. The molecule has 1 rings (SSSR count). The van der Waals surface area contributed by atoms with Crippen LogP contribution in [0.25, 0.3) is 0 Å². The first-order valence-corrected chi connectivity index (χ1v) is 4.90. The standard InChI is InChI=1S/C9H12INO/c1-6(12)8-4-2-3-7(5-11)9(8)10/h2-4,6,12H,5,11H2,1H3. The summed E-state index contributed by atoms with van der Waals surface area (Å²) in [7, 11) is 0. The highest BCUT2D eigenvalue weighted by Crippen LogP contribution is 2.22. The van der Waals surface area contributed by atoms with Gasteiger partial charge in [0.1, 0.15) is 0 Å². The van der Waals surface area contributed by atoms with Gasteiger partial charge in [-0.25, -0.2) is 0 Å². The summed E-state index contributed by atoms with van der Waals surface area (Å²) in [5.74, 6) is 0. The maximum atomic E-state index is 9.38. The lowest BCUT2D eigenvalue weighted by Gasteiger charge is -2.10. The minimum Gasteiger partial charge on any atom is -0.389 e. The zero-order valence-corrected chi connectivity index (χ0v) is 9.08. The highest BCUT2D eigenvalue weighted by Gasteiger charge is 2.07. The van der Waals surface area contributed by atoms with E-state index in [1.54, 1.807) is 6.92 Å². The van der Waals surface area contributed by atoms with E-state index < -0.39 is 6.10 Å². The Labute approximate surface area is 85.9 Å². The minimum atomic E-state index is -0.414. The smallest absolute Gasteiger partial charge is 0.0772 e. The van der Waals surface area contributed by atoms with Crippen molar-refractivity contribution in [1.82, 2.24) is 0 Å². The summed E-state index contributed by atoms with van der Waals surface area (Å²) in [6.07, 6.45) is -0.414. The average Bonchev–Trinajstić information content (AvgIpc) is 2.04. The lowest BCUT2D eigenvalue weighted by Crippen LogP contribution is -2.03. The van der Waals surface area contributed by atoms with Crippen LogP contribution in [0.1, 0.15) is 24.2 Å². The molecule has 3 heteroatoms. The van der Waals surface area contributed by atoms with Gasteiger partial charge in [0.15, 0.2) is 0 Å². The molecule has 0 aliphatic carbocycles. The summed E-state index contributed by atoms with van der Waals surface area (Å²) < 4.78 is 1.08. The number of aliphatic hydroxyl groups is 1. The van der Waals surface area contributed by atoms with Gasteiger partial charge < -0.3 is 10.8 Å². The van der Waals surface area contributed by atoms with Crippen molar-refractivity contribution in [2.45, 2.75) is 19.6 Å². The zero-order valence-electron chi connectivity index (χ0n) is 6.92. The van der Waals surface area contributed by atoms with E-state index in [9.17, 15) is 5.11 Å². The second-order valence-corrected chi connectivity index (χ2v) is 3.78. The van der Waals surface area contributed by atoms with Gasteiger partial charge in [-0.05, 0) is 40.6 Å². The van der Waals surface area contributed by atoms with E-state index in [4.69, 9.17) is 5.73 Å². The van der Waals surface area contributed by atoms with Crippen molar-refractivity contribution in [2.75, 3.05) is 0 Å². The minimum absolute atomic E-state index is 0.414. The Morgan fingerprint density at radius 2 is 2.25 bits per heavy atom. The number of rotatable bonds is 2. The maximum Gasteiger partial charge on any atom is 0.0772 e. The van der Waals surface area contributed by atoms with Gasteiger partial charge in [0.25, 0.3) is 0 Å². The van der Waals surface area contributed by atoms with Gasteiger partial charge in [-0.1, -0.05) is 18.2 Å². The molecule has 0 aliphatic heterocycles. The molecule has 0 saturated carbocycles. The van der Waals surface area contributed by atoms with Crippen molar-refractivity contribution in [3.63, 3.8) is 0 Å². The Morgan fingerprint density at radius 3 is 2.75 bits per heavy atom. The molecule has 0 heterocycles. The Hall–Kier alpha value is -0.130. The molecular weight excluding hydrogens is 265 g/mol. The van der Waals surface area contributed by atoms with Gasteiger partial charge in [0.05, 0.1) is 6.10 Å². The number of aliphatic hydroxyl groups excluding tert-OH is 1. The highest BCUT2D eigenvalue weighted by molar-refractivity contribution is 14.1. The van der Waals surface area contributed by atoms with E-state index >= 15 is 0 Å². The SMILES string of the molecule is CC(O)c1cccc(CN)c1I. The second kappa shape index (κ2) is 4.20. The molecule has 1 aromatic rings. The fraction of sp³-hybridized carbons (Fsp3) is 0.333. The Bertz CT molecular complexity index is 273. The number of benzene rings is 1. The van der Waals surface area contributed by atoms with Crippen molar-refractivity contribution in [3.05, 3.63) is 32.9 Å². The molecule has 3 N–H and O–H groups in total. The molecule has 0 saturated heterocycles. The summed E-state index contributed by atoms with van der Waals surface area (Å²) in [5, 5.41) is 9.38. The lowest BCUT2D eigenvalue weighted by molar-refractivity contribution is 0.198. The van der Waals surface area contributed by atoms with E-state index in [-0.39, 0.29) is 0 Å². The first kappa shape index (κ1) is 9.95. The van der Waals surface area contributed by atoms with E-state index in [0.717, 1.165) is 14.7 Å². The summed E-state index contributed by atoms with van der Waals surface area (Å²) in [5.41, 5.74) is 7.58. The van der Waals surface area contributed by atoms with Crippen LogP contribution in [0, 0.1) is 3.57 Å². The van der Waals surface area contributed by atoms with Crippen molar-refractivity contribution in [1.29, 1.82) is 0 Å². The molecule has 1 aromatic carbocycles. The molecule has 0 radical (unpaired) electrons. The molecule has 2 nitrogen and oxygen atoms in total. The van der Waals surface area contributed by atoms with Crippen molar-refractivity contribution >= 4 is 22.6 Å². The molecule has 0 fully saturated rings. The molecular formula is C9H12INO. The highest BCUT2D eigenvalue weighted by atomic mass is 127. The van der Waals surface area contributed by atoms with Gasteiger partial charge in [0, 0.05) is 10.1 Å². The molecule has 0 spiro atoms. The normalized spacial score (nSPS) is 13.0. The Kier molecular flexibility index (Phi) is 3.49. The predicted molar refractivity (Wildman–Crippen MR) is 57.7 cm³/mol. The fourth-order valence-corrected chi connectivity index (χ4v) is 2.11. The topological polar surface area (TPSA) is 46.2 Å². The summed E-state index contributed by atoms with van der Waals surface area (Å²) in [6, 6.07) is 5.83. The summed E-state index contributed by atoms with van der Waals surface area (Å²) in [6.45, 7) is 2.29. The van der Waals surface area contributed by atoms with Crippen LogP contribution in [0.4, 0.5) is 0 Å². The molecule has 0 aliphatic rings. The summed E-state index contributed by atoms with van der Waals surface area (Å²) in [4.78, 5) is 0. The van der Waals surface area contributed by atoms with Gasteiger partial charge >= 0.3 is 0 Å². The monoisotopic (exact) mass is 277 g/mol. The summed E-state index contributed by atoms with van der Waals surface area (Å²) >= 11 is 2.22. The van der Waals surface area contributed by atoms with Gasteiger partial charge in [-0.2, -0.15) is 0 Å². The number of hydrogen-bond acceptors (Lipinski definition) is 2. The van der Waals surface area contributed by atoms with Crippen molar-refractivity contribution in [3.8, 4) is 0 Å². The van der Waals surface area contributed by atoms with Gasteiger partial charge in [-0.15, -0.1) is 0 Å². The Balaban J connectivity index is 3.14. The number of hydrogen-bond donors (Lipinski definition) is 2. The van der Waals surface area contributed by atoms with Crippen LogP contribution in [-0.2, 0) is 6.54 Å². The largest absolute Gasteiger partial charge is 0.389 e. The van der Waals surface area contributed by atoms with E-state index in [2.05, 4.69) is 22.6 Å². The molecule has 1 unspecified atom stereocenters. The van der Waals surface area contributed by atoms with Crippen LogP contribution >= 0.6 is 22.6 Å². The van der Waals surface area contributed by atoms with E-state index in [0.29, 0.717) is 6.54 Å². The van der Waals surface area contributed by atoms with Crippen molar-refractivity contribution < 1.29 is 5.11 Å². The molecule has 0 bridgehead atoms. The number of nitrogens with two attached hydrogens (primary N) is 1. The second-order valence-electron chi connectivity index (χ2n) is 2.70. The lowest BCUT2D eigenvalue weighted by atomic mass is 10.1. The van der Waals surface area contributed by atoms with Crippen LogP contribution in [0.15, 0.2) is 18.2 Å². The van der Waals surface area contributed by atoms with Crippen LogP contribution in [0.5, 0.6) is 0 Å². The first-order valence-electron chi connectivity index (χ1n) is 3.82. The molecule has 12 heavy (non-hydrogen) atoms. The maximum absolute atomic E-state index is 9.38. The third kappa shape index (κ3) is 1.97. The van der Waals surface area contributed by atoms with Crippen LogP contribution in [-0.4, -0.2) is 5.11 Å². The molecule has 1 atom stereocenters. The first-order chi connectivity index (χ1) is 5.66. The third-order valence-corrected chi connectivity index (χ3v) is 3.09. The van der Waals surface area contributed by atoms with Crippen LogP contribution in [0.3, 0.4) is 0 Å². The van der Waals surface area contributed by atoms with Crippen LogP contribution in [0.2, 0.25) is 0 Å². The molecule has 0 amide bonds. The fourth-order valence-electron chi connectivity index (χ4n) is 1.08. The van der Waals surface area contributed by atoms with Gasteiger partial charge in [-0.3, -0.25) is 0 Å². The van der Waals surface area contributed by atoms with Crippen molar-refractivity contribution in [2.24, 2.45) is 5.73 Å². The molecule has 66 valence electrons. The van der Waals surface area contributed by atoms with Crippen LogP contribution < -0.4 is 5.73 Å².